The summed E-state index contributed by atoms with van der Waals surface area (Å²) in [5, 5.41) is 4.58. The number of hydrogen-bond acceptors (Lipinski definition) is 2. The molecule has 1 heterocycles. The molecule has 0 saturated carbocycles. The molecule has 0 saturated heterocycles. The van der Waals surface area contributed by atoms with E-state index in [0.29, 0.717) is 0 Å². The molecule has 0 fully saturated rings. The van der Waals surface area contributed by atoms with Crippen molar-refractivity contribution in [1.29, 1.82) is 0 Å². The Bertz CT molecular complexity index is 3400. The van der Waals surface area contributed by atoms with Crippen molar-refractivity contribution in [3.63, 3.8) is 0 Å². The van der Waals surface area contributed by atoms with Crippen LogP contribution in [0.3, 0.4) is 0 Å². The highest BCUT2D eigenvalue weighted by Gasteiger charge is 2.21. The third-order valence-corrected chi connectivity index (χ3v) is 12.1. The van der Waals surface area contributed by atoms with E-state index in [4.69, 9.17) is 4.42 Å². The molecule has 0 bridgehead atoms. The van der Waals surface area contributed by atoms with E-state index in [1.807, 2.05) is 6.08 Å². The summed E-state index contributed by atoms with van der Waals surface area (Å²) in [6, 6.07) is 82.6. The Balaban J connectivity index is 1.03. The van der Waals surface area contributed by atoms with Gasteiger partial charge < -0.3 is 9.32 Å². The number of para-hydroxylation sites is 1. The lowest BCUT2D eigenvalue weighted by Crippen LogP contribution is -2.11. The van der Waals surface area contributed by atoms with Crippen molar-refractivity contribution in [2.24, 2.45) is 0 Å². The quantitative estimate of drug-likeness (QED) is 0.145. The maximum Gasteiger partial charge on any atom is 0.136 e. The first-order chi connectivity index (χ1) is 30.7. The molecule has 0 aliphatic carbocycles. The SMILES string of the molecule is C=Cc1ccccc1-c1cccc(-c2ccc(N(c3ccc(-c4ccc(-c5ccccc5)cc4)cc3)c3ccccc3-c3cccc4oc5cc6ccccc6cc5c34)cc2)c1. The molecule has 292 valence electrons. The molecule has 0 N–H and O–H groups in total. The topological polar surface area (TPSA) is 16.4 Å². The van der Waals surface area contributed by atoms with Crippen molar-refractivity contribution in [3.05, 3.63) is 243 Å². The minimum atomic E-state index is 0.874. The first-order valence-corrected chi connectivity index (χ1v) is 21.1. The highest BCUT2D eigenvalue weighted by Crippen LogP contribution is 2.46. The second-order valence-corrected chi connectivity index (χ2v) is 15.7. The zero-order valence-electron chi connectivity index (χ0n) is 34.1. The summed E-state index contributed by atoms with van der Waals surface area (Å²) in [6.07, 6.45) is 1.93. The number of hydrogen-bond donors (Lipinski definition) is 0. The predicted molar refractivity (Wildman–Crippen MR) is 263 cm³/mol. The molecule has 11 aromatic rings. The van der Waals surface area contributed by atoms with E-state index >= 15 is 0 Å². The normalized spacial score (nSPS) is 11.3. The van der Waals surface area contributed by atoms with Crippen LogP contribution in [0.2, 0.25) is 0 Å². The summed E-state index contributed by atoms with van der Waals surface area (Å²) in [6.45, 7) is 4.06. The molecule has 0 aliphatic heterocycles. The summed E-state index contributed by atoms with van der Waals surface area (Å²) in [7, 11) is 0. The van der Waals surface area contributed by atoms with Crippen LogP contribution in [0.15, 0.2) is 242 Å². The third-order valence-electron chi connectivity index (χ3n) is 12.1. The number of benzene rings is 10. The van der Waals surface area contributed by atoms with Gasteiger partial charge in [0.2, 0.25) is 0 Å². The lowest BCUT2D eigenvalue weighted by atomic mass is 9.95. The molecule has 10 aromatic carbocycles. The van der Waals surface area contributed by atoms with Gasteiger partial charge in [0.25, 0.3) is 0 Å². The summed E-state index contributed by atoms with van der Waals surface area (Å²) in [5.41, 5.74) is 17.7. The molecule has 0 atom stereocenters. The van der Waals surface area contributed by atoms with E-state index in [0.717, 1.165) is 72.4 Å². The summed E-state index contributed by atoms with van der Waals surface area (Å²) >= 11 is 0. The molecule has 0 amide bonds. The Morgan fingerprint density at radius 2 is 0.855 bits per heavy atom. The standard InChI is InChI=1S/C60H41NO/c1-2-41-14-8-9-21-53(41)50-20-12-19-47(38-50)46-32-36-52(37-33-46)61(51-34-30-45(31-35-51)44-28-26-43(27-29-44)42-15-4-3-5-16-42)57-24-11-10-22-54(57)55-23-13-25-58-60(55)56-39-48-17-6-7-18-49(48)40-59(56)62-58/h2-40H,1H2. The second kappa shape index (κ2) is 15.8. The summed E-state index contributed by atoms with van der Waals surface area (Å²) in [4.78, 5) is 2.38. The Hall–Kier alpha value is -8.20. The first kappa shape index (κ1) is 36.8. The van der Waals surface area contributed by atoms with Crippen LogP contribution < -0.4 is 4.90 Å². The average Bonchev–Trinajstić information content (AvgIpc) is 3.72. The van der Waals surface area contributed by atoms with Crippen molar-refractivity contribution in [1.82, 2.24) is 0 Å². The minimum absolute atomic E-state index is 0.874. The largest absolute Gasteiger partial charge is 0.456 e. The van der Waals surface area contributed by atoms with Crippen molar-refractivity contribution in [2.45, 2.75) is 0 Å². The predicted octanol–water partition coefficient (Wildman–Crippen LogP) is 17.2. The van der Waals surface area contributed by atoms with E-state index in [-0.39, 0.29) is 0 Å². The molecule has 62 heavy (non-hydrogen) atoms. The minimum Gasteiger partial charge on any atom is -0.456 e. The van der Waals surface area contributed by atoms with Gasteiger partial charge in [-0.25, -0.2) is 0 Å². The molecule has 0 unspecified atom stereocenters. The Morgan fingerprint density at radius 1 is 0.355 bits per heavy atom. The number of anilines is 3. The van der Waals surface area contributed by atoms with Crippen LogP contribution in [0, 0.1) is 0 Å². The van der Waals surface area contributed by atoms with Crippen molar-refractivity contribution < 1.29 is 4.42 Å². The molecule has 0 spiro atoms. The number of fused-ring (bicyclic) bond motifs is 4. The van der Waals surface area contributed by atoms with E-state index in [1.165, 1.54) is 38.6 Å². The van der Waals surface area contributed by atoms with Gasteiger partial charge in [0.05, 0.1) is 5.69 Å². The van der Waals surface area contributed by atoms with Crippen LogP contribution in [0.1, 0.15) is 5.56 Å². The van der Waals surface area contributed by atoms with E-state index in [1.54, 1.807) is 0 Å². The van der Waals surface area contributed by atoms with Gasteiger partial charge in [0.15, 0.2) is 0 Å². The van der Waals surface area contributed by atoms with Gasteiger partial charge in [0.1, 0.15) is 11.2 Å². The third kappa shape index (κ3) is 6.74. The molecule has 0 radical (unpaired) electrons. The van der Waals surface area contributed by atoms with Crippen LogP contribution in [0.5, 0.6) is 0 Å². The lowest BCUT2D eigenvalue weighted by Gasteiger charge is -2.28. The van der Waals surface area contributed by atoms with Gasteiger partial charge >= 0.3 is 0 Å². The molecule has 11 rings (SSSR count). The van der Waals surface area contributed by atoms with E-state index in [2.05, 4.69) is 242 Å². The first-order valence-electron chi connectivity index (χ1n) is 21.1. The van der Waals surface area contributed by atoms with Crippen LogP contribution in [0.25, 0.3) is 94.4 Å². The molecule has 0 aliphatic rings. The summed E-state index contributed by atoms with van der Waals surface area (Å²) < 4.78 is 6.57. The number of rotatable bonds is 9. The monoisotopic (exact) mass is 791 g/mol. The Labute approximate surface area is 361 Å². The van der Waals surface area contributed by atoms with Crippen LogP contribution in [-0.4, -0.2) is 0 Å². The fraction of sp³-hybridized carbons (Fsp3) is 0. The second-order valence-electron chi connectivity index (χ2n) is 15.7. The fourth-order valence-electron chi connectivity index (χ4n) is 8.96. The van der Waals surface area contributed by atoms with Crippen LogP contribution >= 0.6 is 0 Å². The smallest absolute Gasteiger partial charge is 0.136 e. The highest BCUT2D eigenvalue weighted by molar-refractivity contribution is 6.16. The zero-order valence-corrected chi connectivity index (χ0v) is 34.1. The van der Waals surface area contributed by atoms with Crippen molar-refractivity contribution >= 4 is 55.8 Å². The highest BCUT2D eigenvalue weighted by atomic mass is 16.3. The fourth-order valence-corrected chi connectivity index (χ4v) is 8.96. The average molecular weight is 792 g/mol. The van der Waals surface area contributed by atoms with Crippen LogP contribution in [0.4, 0.5) is 17.1 Å². The molecule has 2 nitrogen and oxygen atoms in total. The van der Waals surface area contributed by atoms with Gasteiger partial charge in [-0.1, -0.05) is 189 Å². The maximum absolute atomic E-state index is 6.57. The summed E-state index contributed by atoms with van der Waals surface area (Å²) in [5.74, 6) is 0. The van der Waals surface area contributed by atoms with Gasteiger partial charge in [-0.2, -0.15) is 0 Å². The molecular weight excluding hydrogens is 751 g/mol. The van der Waals surface area contributed by atoms with Crippen LogP contribution in [-0.2, 0) is 0 Å². The Kier molecular flexibility index (Phi) is 9.37. The number of furan rings is 1. The molecular formula is C60H41NO. The van der Waals surface area contributed by atoms with Crippen molar-refractivity contribution in [2.75, 3.05) is 4.90 Å². The molecule has 2 heteroatoms. The van der Waals surface area contributed by atoms with Gasteiger partial charge in [-0.15, -0.1) is 0 Å². The lowest BCUT2D eigenvalue weighted by molar-refractivity contribution is 0.669. The number of nitrogens with zero attached hydrogens (tertiary/aromatic N) is 1. The maximum atomic E-state index is 6.57. The van der Waals surface area contributed by atoms with Gasteiger partial charge in [-0.3, -0.25) is 0 Å². The zero-order chi connectivity index (χ0) is 41.4. The van der Waals surface area contributed by atoms with E-state index < -0.39 is 0 Å². The van der Waals surface area contributed by atoms with Gasteiger partial charge in [-0.05, 0) is 121 Å². The van der Waals surface area contributed by atoms with Crippen molar-refractivity contribution in [3.8, 4) is 55.6 Å². The Morgan fingerprint density at radius 3 is 1.55 bits per heavy atom. The molecule has 1 aromatic heterocycles. The van der Waals surface area contributed by atoms with E-state index in [9.17, 15) is 0 Å². The van der Waals surface area contributed by atoms with Gasteiger partial charge in [0, 0.05) is 27.7 Å².